The minimum absolute atomic E-state index is 0.248. The normalized spacial score (nSPS) is 10.5. The lowest BCUT2D eigenvalue weighted by Crippen LogP contribution is -2.07. The Morgan fingerprint density at radius 1 is 1.37 bits per heavy atom. The third-order valence-corrected chi connectivity index (χ3v) is 4.11. The summed E-state index contributed by atoms with van der Waals surface area (Å²) in [4.78, 5) is 10.2. The number of rotatable bonds is 5. The number of hydrogen-bond acceptors (Lipinski definition) is 9. The van der Waals surface area contributed by atoms with E-state index >= 15 is 0 Å². The summed E-state index contributed by atoms with van der Waals surface area (Å²) < 4.78 is 0.823. The number of nitrogens with one attached hydrogen (secondary N) is 1. The molecule has 2 aromatic heterocycles. The summed E-state index contributed by atoms with van der Waals surface area (Å²) in [6.45, 7) is 2.78. The molecule has 2 rings (SSSR count). The zero-order chi connectivity index (χ0) is 13.8. The Kier molecular flexibility index (Phi) is 4.38. The Labute approximate surface area is 119 Å². The van der Waals surface area contributed by atoms with Gasteiger partial charge in [0.05, 0.1) is 0 Å². The molecule has 0 radical (unpaired) electrons. The maximum absolute atomic E-state index is 5.68. The summed E-state index contributed by atoms with van der Waals surface area (Å²) in [6.07, 6.45) is 0. The first-order valence-corrected chi connectivity index (χ1v) is 7.29. The highest BCUT2D eigenvalue weighted by atomic mass is 32.2. The molecule has 0 aliphatic rings. The Bertz CT molecular complexity index is 555. The summed E-state index contributed by atoms with van der Waals surface area (Å²) in [7, 11) is 3.86. The fourth-order valence-corrected chi connectivity index (χ4v) is 3.00. The van der Waals surface area contributed by atoms with E-state index in [1.807, 2.05) is 32.0 Å². The van der Waals surface area contributed by atoms with Crippen LogP contribution in [-0.4, -0.2) is 40.8 Å². The van der Waals surface area contributed by atoms with E-state index in [9.17, 15) is 0 Å². The number of aromatic nitrogens is 4. The highest BCUT2D eigenvalue weighted by Crippen LogP contribution is 2.32. The minimum atomic E-state index is 0.248. The molecule has 0 aromatic carbocycles. The van der Waals surface area contributed by atoms with Gasteiger partial charge < -0.3 is 16.0 Å². The quantitative estimate of drug-likeness (QED) is 0.803. The van der Waals surface area contributed by atoms with Crippen LogP contribution >= 0.6 is 23.1 Å². The lowest BCUT2D eigenvalue weighted by atomic mass is 10.5. The maximum Gasteiger partial charge on any atom is 0.223 e. The largest absolute Gasteiger partial charge is 0.370 e. The zero-order valence-corrected chi connectivity index (χ0v) is 12.5. The fourth-order valence-electron chi connectivity index (χ4n) is 1.28. The smallest absolute Gasteiger partial charge is 0.223 e. The molecule has 0 amide bonds. The van der Waals surface area contributed by atoms with Crippen molar-refractivity contribution in [2.24, 2.45) is 0 Å². The van der Waals surface area contributed by atoms with E-state index in [1.165, 1.54) is 23.1 Å². The topological polar surface area (TPSA) is 92.9 Å². The summed E-state index contributed by atoms with van der Waals surface area (Å²) in [5, 5.41) is 12.9. The van der Waals surface area contributed by atoms with Crippen LogP contribution in [0.3, 0.4) is 0 Å². The van der Waals surface area contributed by atoms with Crippen molar-refractivity contribution in [2.45, 2.75) is 16.3 Å². The van der Waals surface area contributed by atoms with Crippen LogP contribution in [0.5, 0.6) is 0 Å². The molecule has 2 heterocycles. The van der Waals surface area contributed by atoms with Gasteiger partial charge in [-0.05, 0) is 18.7 Å². The van der Waals surface area contributed by atoms with Crippen molar-refractivity contribution in [1.82, 2.24) is 20.2 Å². The van der Waals surface area contributed by atoms with Crippen LogP contribution < -0.4 is 16.0 Å². The Balaban J connectivity index is 2.17. The first kappa shape index (κ1) is 13.8. The van der Waals surface area contributed by atoms with E-state index in [0.717, 1.165) is 26.9 Å². The maximum atomic E-state index is 5.68. The highest BCUT2D eigenvalue weighted by Gasteiger charge is 2.10. The lowest BCUT2D eigenvalue weighted by Gasteiger charge is -2.05. The molecule has 7 nitrogen and oxygen atoms in total. The highest BCUT2D eigenvalue weighted by molar-refractivity contribution is 8.01. The van der Waals surface area contributed by atoms with Crippen LogP contribution in [0.15, 0.2) is 15.4 Å². The van der Waals surface area contributed by atoms with Crippen molar-refractivity contribution < 1.29 is 0 Å². The van der Waals surface area contributed by atoms with Gasteiger partial charge >= 0.3 is 0 Å². The van der Waals surface area contributed by atoms with Gasteiger partial charge in [0.25, 0.3) is 0 Å². The second kappa shape index (κ2) is 6.02. The van der Waals surface area contributed by atoms with Crippen LogP contribution in [0.1, 0.15) is 6.92 Å². The molecule has 9 heteroatoms. The van der Waals surface area contributed by atoms with Crippen LogP contribution in [0.25, 0.3) is 0 Å². The minimum Gasteiger partial charge on any atom is -0.370 e. The second-order valence-corrected chi connectivity index (χ2v) is 6.05. The Hall–Kier alpha value is -1.61. The average molecular weight is 297 g/mol. The van der Waals surface area contributed by atoms with Crippen molar-refractivity contribution in [3.63, 3.8) is 0 Å². The van der Waals surface area contributed by atoms with Gasteiger partial charge in [-0.15, -0.1) is 10.2 Å². The summed E-state index contributed by atoms with van der Waals surface area (Å²) in [6, 6.07) is 1.85. The number of anilines is 3. The van der Waals surface area contributed by atoms with Gasteiger partial charge in [0.2, 0.25) is 11.1 Å². The number of nitrogen functional groups attached to an aromatic ring is 1. The van der Waals surface area contributed by atoms with Gasteiger partial charge in [0, 0.05) is 26.7 Å². The SMILES string of the molecule is CCNc1cc(Sc2nnc(N(C)C)s2)nc(N)n1. The van der Waals surface area contributed by atoms with E-state index in [0.29, 0.717) is 0 Å². The molecule has 0 unspecified atom stereocenters. The molecular weight excluding hydrogens is 282 g/mol. The first-order valence-electron chi connectivity index (χ1n) is 5.65. The van der Waals surface area contributed by atoms with Crippen molar-refractivity contribution in [1.29, 1.82) is 0 Å². The molecule has 0 fully saturated rings. The van der Waals surface area contributed by atoms with E-state index in [-0.39, 0.29) is 5.95 Å². The number of nitrogens with two attached hydrogens (primary N) is 1. The molecule has 3 N–H and O–H groups in total. The van der Waals surface area contributed by atoms with Crippen molar-refractivity contribution >= 4 is 40.0 Å². The fraction of sp³-hybridized carbons (Fsp3) is 0.400. The zero-order valence-electron chi connectivity index (χ0n) is 10.9. The summed E-state index contributed by atoms with van der Waals surface area (Å²) in [5.41, 5.74) is 5.68. The molecule has 0 aliphatic heterocycles. The monoisotopic (exact) mass is 297 g/mol. The predicted molar refractivity (Wildman–Crippen MR) is 79.0 cm³/mol. The Morgan fingerprint density at radius 2 is 2.16 bits per heavy atom. The molecule has 2 aromatic rings. The third kappa shape index (κ3) is 3.67. The number of nitrogens with zero attached hydrogens (tertiary/aromatic N) is 5. The second-order valence-electron chi connectivity index (χ2n) is 3.83. The van der Waals surface area contributed by atoms with Crippen LogP contribution in [-0.2, 0) is 0 Å². The first-order chi connectivity index (χ1) is 9.08. The summed E-state index contributed by atoms with van der Waals surface area (Å²) >= 11 is 2.93. The Morgan fingerprint density at radius 3 is 2.79 bits per heavy atom. The van der Waals surface area contributed by atoms with Gasteiger partial charge in [0.1, 0.15) is 10.8 Å². The molecule has 0 bridgehead atoms. The van der Waals surface area contributed by atoms with Crippen LogP contribution in [0.2, 0.25) is 0 Å². The molecule has 0 atom stereocenters. The number of hydrogen-bond donors (Lipinski definition) is 2. The third-order valence-electron chi connectivity index (χ3n) is 2.05. The van der Waals surface area contributed by atoms with E-state index in [4.69, 9.17) is 5.73 Å². The van der Waals surface area contributed by atoms with E-state index in [1.54, 1.807) is 0 Å². The van der Waals surface area contributed by atoms with Gasteiger partial charge in [-0.1, -0.05) is 11.3 Å². The molecule has 19 heavy (non-hydrogen) atoms. The van der Waals surface area contributed by atoms with E-state index < -0.39 is 0 Å². The molecule has 0 spiro atoms. The van der Waals surface area contributed by atoms with E-state index in [2.05, 4.69) is 25.5 Å². The van der Waals surface area contributed by atoms with Crippen LogP contribution in [0.4, 0.5) is 16.9 Å². The van der Waals surface area contributed by atoms with Crippen molar-refractivity contribution in [3.05, 3.63) is 6.07 Å². The van der Waals surface area contributed by atoms with Gasteiger partial charge in [-0.25, -0.2) is 4.98 Å². The average Bonchev–Trinajstić information content (AvgIpc) is 2.77. The molecule has 102 valence electrons. The van der Waals surface area contributed by atoms with Gasteiger partial charge in [-0.2, -0.15) is 4.98 Å². The van der Waals surface area contributed by atoms with Crippen LogP contribution in [0, 0.1) is 0 Å². The van der Waals surface area contributed by atoms with Crippen molar-refractivity contribution in [3.8, 4) is 0 Å². The van der Waals surface area contributed by atoms with Gasteiger partial charge in [-0.3, -0.25) is 0 Å². The molecule has 0 aliphatic carbocycles. The standard InChI is InChI=1S/C10H15N7S2/c1-4-12-6-5-7(14-8(11)13-6)18-10-16-15-9(19-10)17(2)3/h5H,4H2,1-3H3,(H3,11,12,13,14). The van der Waals surface area contributed by atoms with Gasteiger partial charge in [0.15, 0.2) is 4.34 Å². The molecular formula is C10H15N7S2. The van der Waals surface area contributed by atoms with Crippen molar-refractivity contribution in [2.75, 3.05) is 36.6 Å². The predicted octanol–water partition coefficient (Wildman–Crippen LogP) is 1.56. The summed E-state index contributed by atoms with van der Waals surface area (Å²) in [5.74, 6) is 0.966. The molecule has 0 saturated heterocycles. The lowest BCUT2D eigenvalue weighted by molar-refractivity contribution is 0.969. The molecule has 0 saturated carbocycles.